The Morgan fingerprint density at radius 3 is 2.57 bits per heavy atom. The Morgan fingerprint density at radius 1 is 1.14 bits per heavy atom. The molecule has 0 unspecified atom stereocenters. The van der Waals surface area contributed by atoms with E-state index in [1.54, 1.807) is 24.3 Å². The molecule has 1 aromatic rings. The zero-order chi connectivity index (χ0) is 27.6. The molecule has 2 amide bonds. The first-order valence-corrected chi connectivity index (χ1v) is 13.0. The fourth-order valence-electron chi connectivity index (χ4n) is 2.96. The van der Waals surface area contributed by atoms with Gasteiger partial charge in [-0.2, -0.15) is 0 Å². The highest BCUT2D eigenvalue weighted by atomic mass is 32.2. The standard InChI is InChI=1S/C25H35N3O8S/c1-2-3-4-5-12-36-18-8-6-7-17(14-18)21(29)11-13-37-16-20(24(33)27-15-23(31)32)28-22(30)10-9-19(26)25(34)35/h6-8,11,13-14,19-20H,2-5,9-10,12,15-16,26H2,1H3,(H,27,33)(H,28,30)(H,31,32)(H,34,35)/b13-11+/t19-,20-/m0/s1. The van der Waals surface area contributed by atoms with Gasteiger partial charge in [-0.3, -0.25) is 24.0 Å². The van der Waals surface area contributed by atoms with Crippen molar-refractivity contribution in [2.45, 2.75) is 57.5 Å². The van der Waals surface area contributed by atoms with Crippen LogP contribution in [0.3, 0.4) is 0 Å². The average molecular weight is 538 g/mol. The van der Waals surface area contributed by atoms with E-state index in [9.17, 15) is 24.0 Å². The van der Waals surface area contributed by atoms with Gasteiger partial charge in [-0.1, -0.05) is 38.3 Å². The molecule has 12 heteroatoms. The molecule has 0 saturated heterocycles. The van der Waals surface area contributed by atoms with E-state index in [2.05, 4.69) is 17.6 Å². The molecule has 37 heavy (non-hydrogen) atoms. The van der Waals surface area contributed by atoms with Crippen LogP contribution >= 0.6 is 11.8 Å². The summed E-state index contributed by atoms with van der Waals surface area (Å²) in [7, 11) is 0. The van der Waals surface area contributed by atoms with Gasteiger partial charge in [0, 0.05) is 17.7 Å². The molecule has 0 fully saturated rings. The van der Waals surface area contributed by atoms with Crippen LogP contribution < -0.4 is 21.1 Å². The summed E-state index contributed by atoms with van der Waals surface area (Å²) < 4.78 is 5.70. The van der Waals surface area contributed by atoms with E-state index in [0.717, 1.165) is 37.4 Å². The number of hydrogen-bond acceptors (Lipinski definition) is 8. The number of allylic oxidation sites excluding steroid dienone is 1. The van der Waals surface area contributed by atoms with Gasteiger partial charge in [0.15, 0.2) is 5.78 Å². The highest BCUT2D eigenvalue weighted by molar-refractivity contribution is 8.02. The monoisotopic (exact) mass is 537 g/mol. The van der Waals surface area contributed by atoms with Gasteiger partial charge >= 0.3 is 11.9 Å². The molecule has 0 aliphatic rings. The first-order chi connectivity index (χ1) is 17.6. The SMILES string of the molecule is CCCCCCOc1cccc(C(=O)/C=C/SC[C@H](NC(=O)CC[C@H](N)C(=O)O)C(=O)NCC(=O)O)c1. The van der Waals surface area contributed by atoms with E-state index in [1.807, 2.05) is 0 Å². The molecule has 0 saturated carbocycles. The minimum Gasteiger partial charge on any atom is -0.494 e. The van der Waals surface area contributed by atoms with E-state index in [-0.39, 0.29) is 24.4 Å². The van der Waals surface area contributed by atoms with Gasteiger partial charge in [-0.15, -0.1) is 11.8 Å². The van der Waals surface area contributed by atoms with E-state index >= 15 is 0 Å². The van der Waals surface area contributed by atoms with Crippen LogP contribution in [0.4, 0.5) is 0 Å². The Labute approximate surface area is 220 Å². The molecule has 204 valence electrons. The molecular weight excluding hydrogens is 502 g/mol. The Morgan fingerprint density at radius 2 is 1.89 bits per heavy atom. The van der Waals surface area contributed by atoms with Gasteiger partial charge in [0.1, 0.15) is 24.4 Å². The van der Waals surface area contributed by atoms with Crippen LogP contribution in [0, 0.1) is 0 Å². The molecular formula is C25H35N3O8S. The number of unbranched alkanes of at least 4 members (excludes halogenated alkanes) is 3. The van der Waals surface area contributed by atoms with E-state index in [1.165, 1.54) is 11.5 Å². The number of nitrogens with one attached hydrogen (secondary N) is 2. The number of aliphatic carboxylic acids is 2. The number of carbonyl (C=O) groups is 5. The molecule has 1 aromatic carbocycles. The first-order valence-electron chi connectivity index (χ1n) is 12.0. The van der Waals surface area contributed by atoms with Gasteiger partial charge in [-0.25, -0.2) is 0 Å². The van der Waals surface area contributed by atoms with Crippen LogP contribution in [0.5, 0.6) is 5.75 Å². The molecule has 6 N–H and O–H groups in total. The van der Waals surface area contributed by atoms with Crippen molar-refractivity contribution in [1.82, 2.24) is 10.6 Å². The molecule has 0 aliphatic carbocycles. The number of nitrogens with two attached hydrogens (primary N) is 1. The Balaban J connectivity index is 2.66. The maximum absolute atomic E-state index is 12.5. The summed E-state index contributed by atoms with van der Waals surface area (Å²) in [6.07, 6.45) is 5.27. The first kappa shape index (κ1) is 31.6. The molecule has 0 heterocycles. The summed E-state index contributed by atoms with van der Waals surface area (Å²) >= 11 is 1.07. The Bertz CT molecular complexity index is 954. The second-order valence-electron chi connectivity index (χ2n) is 8.15. The molecule has 0 aromatic heterocycles. The van der Waals surface area contributed by atoms with Crippen molar-refractivity contribution in [3.63, 3.8) is 0 Å². The summed E-state index contributed by atoms with van der Waals surface area (Å²) in [4.78, 5) is 58.6. The van der Waals surface area contributed by atoms with Crippen molar-refractivity contribution in [3.8, 4) is 5.75 Å². The van der Waals surface area contributed by atoms with Gasteiger partial charge in [0.05, 0.1) is 6.61 Å². The van der Waals surface area contributed by atoms with Gasteiger partial charge < -0.3 is 31.3 Å². The van der Waals surface area contributed by atoms with Crippen molar-refractivity contribution in [2.75, 3.05) is 18.9 Å². The number of carbonyl (C=O) groups excluding carboxylic acids is 3. The second kappa shape index (κ2) is 18.0. The van der Waals surface area contributed by atoms with E-state index < -0.39 is 42.4 Å². The Kier molecular flexibility index (Phi) is 15.4. The third-order valence-corrected chi connectivity index (χ3v) is 5.88. The zero-order valence-corrected chi connectivity index (χ0v) is 21.6. The molecule has 11 nitrogen and oxygen atoms in total. The third kappa shape index (κ3) is 14.1. The fraction of sp³-hybridized carbons (Fsp3) is 0.480. The quantitative estimate of drug-likeness (QED) is 0.0992. The zero-order valence-electron chi connectivity index (χ0n) is 20.8. The number of thioether (sulfide) groups is 1. The fourth-order valence-corrected chi connectivity index (χ4v) is 3.72. The predicted octanol–water partition coefficient (Wildman–Crippen LogP) is 1.95. The Hall–Kier alpha value is -3.38. The van der Waals surface area contributed by atoms with E-state index in [0.29, 0.717) is 17.9 Å². The second-order valence-corrected chi connectivity index (χ2v) is 9.09. The summed E-state index contributed by atoms with van der Waals surface area (Å²) in [5.74, 6) is -3.51. The van der Waals surface area contributed by atoms with Crippen LogP contribution in [0.15, 0.2) is 35.7 Å². The van der Waals surface area contributed by atoms with Gasteiger partial charge in [-0.05, 0) is 36.5 Å². The van der Waals surface area contributed by atoms with Crippen LogP contribution in [0.1, 0.15) is 55.8 Å². The number of ketones is 1. The highest BCUT2D eigenvalue weighted by Gasteiger charge is 2.22. The van der Waals surface area contributed by atoms with Crippen LogP contribution in [-0.2, 0) is 19.2 Å². The third-order valence-electron chi connectivity index (χ3n) is 5.03. The average Bonchev–Trinajstić information content (AvgIpc) is 2.87. The van der Waals surface area contributed by atoms with Gasteiger partial charge in [0.25, 0.3) is 0 Å². The summed E-state index contributed by atoms with van der Waals surface area (Å²) in [5, 5.41) is 23.7. The number of rotatable bonds is 19. The lowest BCUT2D eigenvalue weighted by molar-refractivity contribution is -0.139. The lowest BCUT2D eigenvalue weighted by atomic mass is 10.1. The number of amides is 2. The van der Waals surface area contributed by atoms with Crippen molar-refractivity contribution in [2.24, 2.45) is 5.73 Å². The molecule has 0 radical (unpaired) electrons. The molecule has 0 aliphatic heterocycles. The number of ether oxygens (including phenoxy) is 1. The summed E-state index contributed by atoms with van der Waals surface area (Å²) in [6.45, 7) is 2.07. The molecule has 0 bridgehead atoms. The number of carboxylic acids is 2. The summed E-state index contributed by atoms with van der Waals surface area (Å²) in [5.41, 5.74) is 5.82. The largest absolute Gasteiger partial charge is 0.494 e. The number of hydrogen-bond donors (Lipinski definition) is 5. The molecule has 0 spiro atoms. The van der Waals surface area contributed by atoms with Crippen molar-refractivity contribution >= 4 is 41.3 Å². The highest BCUT2D eigenvalue weighted by Crippen LogP contribution is 2.16. The molecule has 1 rings (SSSR count). The van der Waals surface area contributed by atoms with Crippen molar-refractivity contribution < 1.29 is 38.9 Å². The van der Waals surface area contributed by atoms with Crippen molar-refractivity contribution in [1.29, 1.82) is 0 Å². The van der Waals surface area contributed by atoms with Gasteiger partial charge in [0.2, 0.25) is 11.8 Å². The normalized spacial score (nSPS) is 12.5. The lowest BCUT2D eigenvalue weighted by Gasteiger charge is -2.17. The number of benzene rings is 1. The minimum atomic E-state index is -1.25. The minimum absolute atomic E-state index is 0.00681. The topological polar surface area (TPSA) is 185 Å². The lowest BCUT2D eigenvalue weighted by Crippen LogP contribution is -2.49. The smallest absolute Gasteiger partial charge is 0.322 e. The van der Waals surface area contributed by atoms with Crippen molar-refractivity contribution in [3.05, 3.63) is 41.3 Å². The van der Waals surface area contributed by atoms with E-state index in [4.69, 9.17) is 20.7 Å². The maximum Gasteiger partial charge on any atom is 0.322 e. The molecule has 2 atom stereocenters. The predicted molar refractivity (Wildman–Crippen MR) is 139 cm³/mol. The van der Waals surface area contributed by atoms with Crippen LogP contribution in [0.2, 0.25) is 0 Å². The summed E-state index contributed by atoms with van der Waals surface area (Å²) in [6, 6.07) is 4.48. The number of carboxylic acid groups (broad SMARTS) is 2. The van der Waals surface area contributed by atoms with Crippen LogP contribution in [-0.4, -0.2) is 70.7 Å². The maximum atomic E-state index is 12.5. The van der Waals surface area contributed by atoms with Crippen LogP contribution in [0.25, 0.3) is 0 Å².